The largest absolute Gasteiger partial charge is 0.494 e. The highest BCUT2D eigenvalue weighted by Crippen LogP contribution is 2.36. The zero-order valence-electron chi connectivity index (χ0n) is 23.1. The van der Waals surface area contributed by atoms with Crippen molar-refractivity contribution >= 4 is 23.4 Å². The van der Waals surface area contributed by atoms with Gasteiger partial charge in [0.25, 0.3) is 5.56 Å². The van der Waals surface area contributed by atoms with E-state index >= 15 is 0 Å². The maximum absolute atomic E-state index is 13.9. The van der Waals surface area contributed by atoms with Gasteiger partial charge in [0.05, 0.1) is 42.7 Å². The van der Waals surface area contributed by atoms with Crippen molar-refractivity contribution in [2.75, 3.05) is 26.9 Å². The Morgan fingerprint density at radius 2 is 1.85 bits per heavy atom. The molecule has 3 aromatic rings. The third kappa shape index (κ3) is 5.93. The van der Waals surface area contributed by atoms with Crippen molar-refractivity contribution in [1.82, 2.24) is 4.57 Å². The summed E-state index contributed by atoms with van der Waals surface area (Å²) in [4.78, 5) is 32.2. The molecule has 0 radical (unpaired) electrons. The molecule has 8 nitrogen and oxygen atoms in total. The minimum atomic E-state index is -0.744. The number of carbonyl (C=O) groups is 1. The molecule has 0 amide bonds. The first-order valence-corrected chi connectivity index (χ1v) is 13.8. The first-order valence-electron chi connectivity index (χ1n) is 13.0. The van der Waals surface area contributed by atoms with Gasteiger partial charge in [-0.15, -0.1) is 0 Å². The standard InChI is InChI=1S/C30H34N2O6S/c1-7-36-22-12-10-9-11-21(22)27-26(29(34)37-8-2)19(5)31-30-32(27)28(33)25(39-30)16-20-13-14-23(24(15-20)35-6)38-17-18(3)4/h9-16,18,27H,7-8,17H2,1-6H3/b25-16-/t27-/m0/s1. The van der Waals surface area contributed by atoms with E-state index in [1.165, 1.54) is 11.3 Å². The van der Waals surface area contributed by atoms with Gasteiger partial charge in [0.2, 0.25) is 0 Å². The molecule has 39 heavy (non-hydrogen) atoms. The van der Waals surface area contributed by atoms with Gasteiger partial charge in [-0.05, 0) is 56.5 Å². The minimum Gasteiger partial charge on any atom is -0.494 e. The van der Waals surface area contributed by atoms with Crippen molar-refractivity contribution in [2.24, 2.45) is 10.9 Å². The number of thiazole rings is 1. The van der Waals surface area contributed by atoms with Crippen molar-refractivity contribution in [3.8, 4) is 17.2 Å². The summed E-state index contributed by atoms with van der Waals surface area (Å²) in [5.74, 6) is 1.69. The summed E-state index contributed by atoms with van der Waals surface area (Å²) in [5.41, 5.74) is 2.03. The average molecular weight is 551 g/mol. The Kier molecular flexibility index (Phi) is 8.91. The molecule has 1 aliphatic heterocycles. The minimum absolute atomic E-state index is 0.207. The Morgan fingerprint density at radius 1 is 1.08 bits per heavy atom. The van der Waals surface area contributed by atoms with Crippen LogP contribution in [-0.2, 0) is 9.53 Å². The van der Waals surface area contributed by atoms with E-state index < -0.39 is 12.0 Å². The highest BCUT2D eigenvalue weighted by molar-refractivity contribution is 7.07. The van der Waals surface area contributed by atoms with Crippen LogP contribution in [-0.4, -0.2) is 37.5 Å². The predicted molar refractivity (Wildman–Crippen MR) is 151 cm³/mol. The number of benzene rings is 2. The van der Waals surface area contributed by atoms with Gasteiger partial charge in [-0.25, -0.2) is 9.79 Å². The van der Waals surface area contributed by atoms with Gasteiger partial charge in [-0.1, -0.05) is 49.4 Å². The number of ether oxygens (including phenoxy) is 4. The molecule has 0 bridgehead atoms. The Bertz CT molecular complexity index is 1570. The molecule has 0 fully saturated rings. The van der Waals surface area contributed by atoms with Crippen molar-refractivity contribution in [1.29, 1.82) is 0 Å². The van der Waals surface area contributed by atoms with Crippen LogP contribution in [0.1, 0.15) is 51.8 Å². The lowest BCUT2D eigenvalue weighted by Crippen LogP contribution is -2.40. The normalized spacial score (nSPS) is 15.2. The van der Waals surface area contributed by atoms with Gasteiger partial charge >= 0.3 is 5.97 Å². The third-order valence-electron chi connectivity index (χ3n) is 6.09. The number of aromatic nitrogens is 1. The van der Waals surface area contributed by atoms with Crippen molar-refractivity contribution in [2.45, 2.75) is 40.7 Å². The van der Waals surface area contributed by atoms with Crippen LogP contribution in [0.3, 0.4) is 0 Å². The Labute approximate surface area is 231 Å². The molecular weight excluding hydrogens is 516 g/mol. The summed E-state index contributed by atoms with van der Waals surface area (Å²) in [7, 11) is 1.59. The van der Waals surface area contributed by atoms with Gasteiger partial charge in [-0.3, -0.25) is 9.36 Å². The zero-order valence-corrected chi connectivity index (χ0v) is 24.0. The van der Waals surface area contributed by atoms with E-state index in [0.29, 0.717) is 62.5 Å². The van der Waals surface area contributed by atoms with Gasteiger partial charge in [0, 0.05) is 5.56 Å². The molecule has 0 spiro atoms. The summed E-state index contributed by atoms with van der Waals surface area (Å²) >= 11 is 1.27. The smallest absolute Gasteiger partial charge is 0.338 e. The van der Waals surface area contributed by atoms with E-state index in [1.54, 1.807) is 31.6 Å². The van der Waals surface area contributed by atoms with Crippen molar-refractivity contribution in [3.63, 3.8) is 0 Å². The molecule has 1 aliphatic rings. The van der Waals surface area contributed by atoms with Crippen LogP contribution >= 0.6 is 11.3 Å². The number of hydrogen-bond acceptors (Lipinski definition) is 8. The second-order valence-electron chi connectivity index (χ2n) is 9.39. The molecule has 0 unspecified atom stereocenters. The van der Waals surface area contributed by atoms with Gasteiger partial charge in [-0.2, -0.15) is 0 Å². The first-order chi connectivity index (χ1) is 18.8. The molecule has 9 heteroatoms. The van der Waals surface area contributed by atoms with Gasteiger partial charge in [0.15, 0.2) is 16.3 Å². The Hall–Kier alpha value is -3.85. The van der Waals surface area contributed by atoms with Crippen LogP contribution in [0.15, 0.2) is 63.5 Å². The molecule has 0 N–H and O–H groups in total. The number of para-hydroxylation sites is 1. The summed E-state index contributed by atoms with van der Waals surface area (Å²) in [6.07, 6.45) is 1.80. The van der Waals surface area contributed by atoms with Crippen molar-refractivity contribution < 1.29 is 23.7 Å². The molecule has 2 aromatic carbocycles. The number of esters is 1. The average Bonchev–Trinajstić information content (AvgIpc) is 3.21. The topological polar surface area (TPSA) is 88.4 Å². The highest BCUT2D eigenvalue weighted by Gasteiger charge is 2.35. The molecule has 1 atom stereocenters. The summed E-state index contributed by atoms with van der Waals surface area (Å²) in [6.45, 7) is 10.8. The fourth-order valence-electron chi connectivity index (χ4n) is 4.38. The SMILES string of the molecule is CCOC(=O)C1=C(C)N=c2s/c(=C\c3ccc(OCC(C)C)c(OC)c3)c(=O)n2[C@H]1c1ccccc1OCC. The second kappa shape index (κ2) is 12.3. The monoisotopic (exact) mass is 550 g/mol. The first kappa shape index (κ1) is 28.2. The number of fused-ring (bicyclic) bond motifs is 1. The quantitative estimate of drug-likeness (QED) is 0.351. The van der Waals surface area contributed by atoms with Crippen LogP contribution in [0.4, 0.5) is 0 Å². The van der Waals surface area contributed by atoms with Gasteiger partial charge in [0.1, 0.15) is 11.8 Å². The molecule has 4 rings (SSSR count). The van der Waals surface area contributed by atoms with E-state index in [4.69, 9.17) is 18.9 Å². The molecule has 2 heterocycles. The second-order valence-corrected chi connectivity index (χ2v) is 10.4. The third-order valence-corrected chi connectivity index (χ3v) is 7.07. The zero-order chi connectivity index (χ0) is 28.1. The molecular formula is C30H34N2O6S. The molecule has 0 saturated heterocycles. The summed E-state index contributed by atoms with van der Waals surface area (Å²) in [5, 5.41) is 0. The molecule has 0 aliphatic carbocycles. The lowest BCUT2D eigenvalue weighted by atomic mass is 9.95. The number of rotatable bonds is 10. The van der Waals surface area contributed by atoms with E-state index in [1.807, 2.05) is 49.4 Å². The maximum Gasteiger partial charge on any atom is 0.338 e. The van der Waals surface area contributed by atoms with E-state index in [9.17, 15) is 9.59 Å². The number of carbonyl (C=O) groups excluding carboxylic acids is 1. The number of hydrogen-bond donors (Lipinski definition) is 0. The molecule has 206 valence electrons. The fraction of sp³-hybridized carbons (Fsp3) is 0.367. The maximum atomic E-state index is 13.9. The van der Waals surface area contributed by atoms with Crippen LogP contribution < -0.4 is 29.1 Å². The summed E-state index contributed by atoms with van der Waals surface area (Å²) in [6, 6.07) is 12.2. The molecule has 1 aromatic heterocycles. The predicted octanol–water partition coefficient (Wildman–Crippen LogP) is 4.24. The van der Waals surface area contributed by atoms with Crippen molar-refractivity contribution in [3.05, 3.63) is 84.5 Å². The van der Waals surface area contributed by atoms with Crippen LogP contribution in [0.25, 0.3) is 6.08 Å². The van der Waals surface area contributed by atoms with Crippen LogP contribution in [0.5, 0.6) is 17.2 Å². The van der Waals surface area contributed by atoms with E-state index in [2.05, 4.69) is 18.8 Å². The van der Waals surface area contributed by atoms with E-state index in [0.717, 1.165) is 5.56 Å². The highest BCUT2D eigenvalue weighted by atomic mass is 32.1. The lowest BCUT2D eigenvalue weighted by Gasteiger charge is -2.26. The van der Waals surface area contributed by atoms with E-state index in [-0.39, 0.29) is 12.2 Å². The summed E-state index contributed by atoms with van der Waals surface area (Å²) < 4.78 is 24.7. The Balaban J connectivity index is 1.88. The van der Waals surface area contributed by atoms with Crippen LogP contribution in [0, 0.1) is 5.92 Å². The number of allylic oxidation sites excluding steroid dienone is 1. The Morgan fingerprint density at radius 3 is 2.54 bits per heavy atom. The number of methoxy groups -OCH3 is 1. The molecule has 0 saturated carbocycles. The number of nitrogens with zero attached hydrogens (tertiary/aromatic N) is 2. The van der Waals surface area contributed by atoms with Gasteiger partial charge < -0.3 is 18.9 Å². The lowest BCUT2D eigenvalue weighted by molar-refractivity contribution is -0.139. The van der Waals surface area contributed by atoms with Crippen LogP contribution in [0.2, 0.25) is 0 Å². The fourth-order valence-corrected chi connectivity index (χ4v) is 5.43.